The Balaban J connectivity index is 2.42. The molecule has 6 heteroatoms. The molecule has 1 fully saturated rings. The van der Waals surface area contributed by atoms with Gasteiger partial charge >= 0.3 is 5.97 Å². The van der Waals surface area contributed by atoms with Crippen LogP contribution >= 0.6 is 0 Å². The molecule has 0 aliphatic carbocycles. The molecule has 0 spiro atoms. The number of anilines is 1. The van der Waals surface area contributed by atoms with E-state index in [0.29, 0.717) is 17.1 Å². The Hall–Kier alpha value is -1.56. The minimum atomic E-state index is -3.32. The van der Waals surface area contributed by atoms with Crippen molar-refractivity contribution in [2.45, 2.75) is 43.5 Å². The number of carbonyl (C=O) groups is 1. The zero-order valence-corrected chi connectivity index (χ0v) is 13.0. The lowest BCUT2D eigenvalue weighted by molar-refractivity contribution is -0.137. The van der Waals surface area contributed by atoms with Gasteiger partial charge in [0.15, 0.2) is 9.84 Å². The molecule has 1 heterocycles. The van der Waals surface area contributed by atoms with E-state index in [1.807, 2.05) is 4.90 Å². The van der Waals surface area contributed by atoms with Crippen molar-refractivity contribution in [1.82, 2.24) is 0 Å². The first-order chi connectivity index (χ1) is 9.95. The predicted molar refractivity (Wildman–Crippen MR) is 81.4 cm³/mol. The maximum absolute atomic E-state index is 12.3. The van der Waals surface area contributed by atoms with Gasteiger partial charge in [-0.15, -0.1) is 0 Å². The van der Waals surface area contributed by atoms with Gasteiger partial charge in [0.2, 0.25) is 0 Å². The number of hydrogen-bond acceptors (Lipinski definition) is 4. The second-order valence-electron chi connectivity index (χ2n) is 5.31. The summed E-state index contributed by atoms with van der Waals surface area (Å²) in [4.78, 5) is 13.3. The van der Waals surface area contributed by atoms with Crippen LogP contribution in [0.15, 0.2) is 29.2 Å². The summed E-state index contributed by atoms with van der Waals surface area (Å²) < 4.78 is 24.5. The molecule has 0 aromatic heterocycles. The molecule has 1 saturated heterocycles. The number of sulfone groups is 1. The average Bonchev–Trinajstić information content (AvgIpc) is 2.47. The summed E-state index contributed by atoms with van der Waals surface area (Å²) in [5.74, 6) is -0.802. The fraction of sp³-hybridized carbons (Fsp3) is 0.533. The highest BCUT2D eigenvalue weighted by Crippen LogP contribution is 2.32. The van der Waals surface area contributed by atoms with Gasteiger partial charge in [-0.05, 0) is 31.4 Å². The van der Waals surface area contributed by atoms with E-state index in [4.69, 9.17) is 5.11 Å². The topological polar surface area (TPSA) is 74.7 Å². The van der Waals surface area contributed by atoms with Crippen LogP contribution in [0.1, 0.15) is 32.6 Å². The van der Waals surface area contributed by atoms with Crippen molar-refractivity contribution in [2.24, 2.45) is 0 Å². The van der Waals surface area contributed by atoms with Crippen LogP contribution in [-0.2, 0) is 14.6 Å². The molecule has 1 unspecified atom stereocenters. The van der Waals surface area contributed by atoms with Crippen LogP contribution in [0, 0.1) is 0 Å². The summed E-state index contributed by atoms with van der Waals surface area (Å²) in [5, 5.41) is 9.06. The quantitative estimate of drug-likeness (QED) is 0.903. The van der Waals surface area contributed by atoms with Gasteiger partial charge in [-0.3, -0.25) is 4.79 Å². The van der Waals surface area contributed by atoms with Gasteiger partial charge in [-0.1, -0.05) is 19.1 Å². The van der Waals surface area contributed by atoms with Gasteiger partial charge in [0.1, 0.15) is 0 Å². The summed E-state index contributed by atoms with van der Waals surface area (Å²) >= 11 is 0. The SMILES string of the molecule is CCS(=O)(=O)c1ccccc1N1CCCCC1CC(=O)O. The van der Waals surface area contributed by atoms with Gasteiger partial charge < -0.3 is 10.0 Å². The zero-order chi connectivity index (χ0) is 15.5. The second-order valence-corrected chi connectivity index (χ2v) is 7.56. The van der Waals surface area contributed by atoms with E-state index in [9.17, 15) is 13.2 Å². The fourth-order valence-corrected chi connectivity index (χ4v) is 3.95. The number of hydrogen-bond donors (Lipinski definition) is 1. The van der Waals surface area contributed by atoms with Crippen LogP contribution in [0.2, 0.25) is 0 Å². The van der Waals surface area contributed by atoms with Crippen LogP contribution in [0.5, 0.6) is 0 Å². The largest absolute Gasteiger partial charge is 0.481 e. The molecule has 0 radical (unpaired) electrons. The lowest BCUT2D eigenvalue weighted by Crippen LogP contribution is -2.41. The Morgan fingerprint density at radius 3 is 2.71 bits per heavy atom. The molecule has 0 bridgehead atoms. The lowest BCUT2D eigenvalue weighted by Gasteiger charge is -2.37. The summed E-state index contributed by atoms with van der Waals surface area (Å²) in [6.45, 7) is 2.32. The third-order valence-corrected chi connectivity index (χ3v) is 5.70. The zero-order valence-electron chi connectivity index (χ0n) is 12.2. The minimum Gasteiger partial charge on any atom is -0.481 e. The van der Waals surface area contributed by atoms with Gasteiger partial charge in [-0.2, -0.15) is 0 Å². The first kappa shape index (κ1) is 15.8. The van der Waals surface area contributed by atoms with E-state index in [1.54, 1.807) is 31.2 Å². The molecular formula is C15H21NO4S. The van der Waals surface area contributed by atoms with Crippen molar-refractivity contribution in [3.05, 3.63) is 24.3 Å². The Morgan fingerprint density at radius 2 is 2.05 bits per heavy atom. The third-order valence-electron chi connectivity index (χ3n) is 3.93. The van der Waals surface area contributed by atoms with E-state index in [2.05, 4.69) is 0 Å². The molecule has 21 heavy (non-hydrogen) atoms. The smallest absolute Gasteiger partial charge is 0.305 e. The van der Waals surface area contributed by atoms with Crippen LogP contribution in [0.4, 0.5) is 5.69 Å². The maximum atomic E-state index is 12.3. The fourth-order valence-electron chi connectivity index (χ4n) is 2.84. The Kier molecular flexibility index (Phi) is 4.88. The number of aliphatic carboxylic acids is 1. The summed E-state index contributed by atoms with van der Waals surface area (Å²) in [6, 6.07) is 6.77. The number of rotatable bonds is 5. The van der Waals surface area contributed by atoms with Gasteiger partial charge in [0.05, 0.1) is 22.8 Å². The average molecular weight is 311 g/mol. The van der Waals surface area contributed by atoms with E-state index in [0.717, 1.165) is 19.3 Å². The van der Waals surface area contributed by atoms with Crippen LogP contribution < -0.4 is 4.90 Å². The highest BCUT2D eigenvalue weighted by molar-refractivity contribution is 7.91. The molecule has 1 N–H and O–H groups in total. The highest BCUT2D eigenvalue weighted by Gasteiger charge is 2.28. The second kappa shape index (κ2) is 6.47. The molecule has 1 aliphatic heterocycles. The van der Waals surface area contributed by atoms with Crippen molar-refractivity contribution >= 4 is 21.5 Å². The van der Waals surface area contributed by atoms with Crippen molar-refractivity contribution in [2.75, 3.05) is 17.2 Å². The number of benzene rings is 1. The molecule has 2 rings (SSSR count). The number of piperidine rings is 1. The van der Waals surface area contributed by atoms with Crippen LogP contribution in [-0.4, -0.2) is 37.8 Å². The summed E-state index contributed by atoms with van der Waals surface area (Å²) in [5.41, 5.74) is 0.644. The standard InChI is InChI=1S/C15H21NO4S/c1-2-21(19,20)14-9-4-3-8-13(14)16-10-6-5-7-12(16)11-15(17)18/h3-4,8-9,12H,2,5-7,10-11H2,1H3,(H,17,18). The number of carboxylic acid groups (broad SMARTS) is 1. The number of nitrogens with zero attached hydrogens (tertiary/aromatic N) is 1. The molecule has 0 saturated carbocycles. The van der Waals surface area contributed by atoms with Gasteiger partial charge in [-0.25, -0.2) is 8.42 Å². The first-order valence-corrected chi connectivity index (χ1v) is 8.91. The molecule has 5 nitrogen and oxygen atoms in total. The van der Waals surface area contributed by atoms with Gasteiger partial charge in [0, 0.05) is 12.6 Å². The van der Waals surface area contributed by atoms with E-state index in [1.165, 1.54) is 0 Å². The lowest BCUT2D eigenvalue weighted by atomic mass is 9.98. The van der Waals surface area contributed by atoms with Crippen molar-refractivity contribution in [1.29, 1.82) is 0 Å². The van der Waals surface area contributed by atoms with Crippen LogP contribution in [0.3, 0.4) is 0 Å². The van der Waals surface area contributed by atoms with E-state index in [-0.39, 0.29) is 18.2 Å². The molecule has 116 valence electrons. The summed E-state index contributed by atoms with van der Waals surface area (Å²) in [7, 11) is -3.32. The maximum Gasteiger partial charge on any atom is 0.305 e. The molecule has 1 aliphatic rings. The Bertz CT molecular complexity index is 612. The third kappa shape index (κ3) is 3.56. The molecule has 0 amide bonds. The normalized spacial score (nSPS) is 19.5. The van der Waals surface area contributed by atoms with E-state index >= 15 is 0 Å². The molecule has 1 aromatic carbocycles. The molecular weight excluding hydrogens is 290 g/mol. The van der Waals surface area contributed by atoms with Gasteiger partial charge in [0.25, 0.3) is 0 Å². The predicted octanol–water partition coefficient (Wildman–Crippen LogP) is 2.31. The van der Waals surface area contributed by atoms with Crippen molar-refractivity contribution in [3.63, 3.8) is 0 Å². The Morgan fingerprint density at radius 1 is 1.33 bits per heavy atom. The molecule has 1 aromatic rings. The monoisotopic (exact) mass is 311 g/mol. The first-order valence-electron chi connectivity index (χ1n) is 7.26. The summed E-state index contributed by atoms with van der Waals surface area (Å²) in [6.07, 6.45) is 2.76. The Labute approximate surface area is 125 Å². The minimum absolute atomic E-state index is 0.0422. The van der Waals surface area contributed by atoms with Crippen molar-refractivity contribution < 1.29 is 18.3 Å². The van der Waals surface area contributed by atoms with Crippen molar-refractivity contribution in [3.8, 4) is 0 Å². The van der Waals surface area contributed by atoms with E-state index < -0.39 is 15.8 Å². The van der Waals surface area contributed by atoms with Crippen LogP contribution in [0.25, 0.3) is 0 Å². The molecule has 1 atom stereocenters. The number of carboxylic acids is 1. The number of para-hydroxylation sites is 1. The highest BCUT2D eigenvalue weighted by atomic mass is 32.2.